The molecular weight excluding hydrogens is 286 g/mol. The van der Waals surface area contributed by atoms with E-state index >= 15 is 0 Å². The minimum atomic E-state index is -3.86. The van der Waals surface area contributed by atoms with Crippen molar-refractivity contribution in [1.29, 1.82) is 0 Å². The van der Waals surface area contributed by atoms with E-state index in [1.54, 1.807) is 0 Å². The van der Waals surface area contributed by atoms with E-state index in [-0.39, 0.29) is 28.5 Å². The van der Waals surface area contributed by atoms with E-state index < -0.39 is 15.9 Å². The Morgan fingerprint density at radius 1 is 1.40 bits per heavy atom. The lowest BCUT2D eigenvalue weighted by Crippen LogP contribution is -2.25. The van der Waals surface area contributed by atoms with E-state index in [1.807, 2.05) is 0 Å². The largest absolute Gasteiger partial charge is 0.398 e. The maximum absolute atomic E-state index is 12.0. The van der Waals surface area contributed by atoms with E-state index in [0.29, 0.717) is 0 Å². The molecule has 0 radical (unpaired) electrons. The number of nitrogen functional groups attached to an aromatic ring is 1. The first-order valence-corrected chi connectivity index (χ1v) is 6.80. The van der Waals surface area contributed by atoms with Gasteiger partial charge in [0.25, 0.3) is 0 Å². The highest BCUT2D eigenvalue weighted by atomic mass is 32.2. The molecule has 0 aliphatic heterocycles. The molecule has 0 unspecified atom stereocenters. The minimum Gasteiger partial charge on any atom is -0.398 e. The molecule has 0 fully saturated rings. The van der Waals surface area contributed by atoms with Gasteiger partial charge in [-0.3, -0.25) is 4.79 Å². The lowest BCUT2D eigenvalue weighted by atomic mass is 10.2. The molecule has 1 heterocycles. The highest BCUT2D eigenvalue weighted by Crippen LogP contribution is 2.19. The average Bonchev–Trinajstić information content (AvgIpc) is 2.89. The summed E-state index contributed by atoms with van der Waals surface area (Å²) in [6.07, 6.45) is 0. The third-order valence-electron chi connectivity index (χ3n) is 2.39. The molecule has 11 heteroatoms. The average molecular weight is 297 g/mol. The third kappa shape index (κ3) is 2.89. The molecule has 106 valence electrons. The number of tetrazole rings is 1. The maximum atomic E-state index is 12.0. The first-order valence-electron chi connectivity index (χ1n) is 5.31. The Bertz CT molecular complexity index is 726. The fourth-order valence-corrected chi connectivity index (χ4v) is 2.53. The van der Waals surface area contributed by atoms with E-state index in [9.17, 15) is 13.2 Å². The summed E-state index contributed by atoms with van der Waals surface area (Å²) in [4.78, 5) is 10.8. The van der Waals surface area contributed by atoms with Gasteiger partial charge < -0.3 is 11.5 Å². The SMILES string of the molecule is NC(=O)c1ccc(S(=O)(=O)NCc2nn[nH]n2)c(N)c1. The molecule has 1 aromatic heterocycles. The fraction of sp³-hybridized carbons (Fsp3) is 0.111. The van der Waals surface area contributed by atoms with Crippen molar-refractivity contribution in [2.24, 2.45) is 5.73 Å². The number of hydrogen-bond acceptors (Lipinski definition) is 7. The summed E-state index contributed by atoms with van der Waals surface area (Å²) in [5, 5.41) is 12.7. The smallest absolute Gasteiger partial charge is 0.248 e. The first kappa shape index (κ1) is 13.9. The molecule has 0 saturated heterocycles. The Balaban J connectivity index is 2.23. The maximum Gasteiger partial charge on any atom is 0.248 e. The van der Waals surface area contributed by atoms with Crippen LogP contribution >= 0.6 is 0 Å². The molecule has 2 rings (SSSR count). The van der Waals surface area contributed by atoms with Gasteiger partial charge >= 0.3 is 0 Å². The van der Waals surface area contributed by atoms with Crippen molar-refractivity contribution in [1.82, 2.24) is 25.3 Å². The Labute approximate surface area is 113 Å². The van der Waals surface area contributed by atoms with Gasteiger partial charge in [0.05, 0.1) is 12.2 Å². The number of primary amides is 1. The zero-order valence-corrected chi connectivity index (χ0v) is 10.9. The van der Waals surface area contributed by atoms with Gasteiger partial charge in [0.15, 0.2) is 5.82 Å². The molecule has 1 aromatic carbocycles. The monoisotopic (exact) mass is 297 g/mol. The van der Waals surface area contributed by atoms with E-state index in [1.165, 1.54) is 18.2 Å². The van der Waals surface area contributed by atoms with Crippen LogP contribution in [0, 0.1) is 0 Å². The molecule has 10 nitrogen and oxygen atoms in total. The molecule has 20 heavy (non-hydrogen) atoms. The van der Waals surface area contributed by atoms with Crippen LogP contribution in [-0.4, -0.2) is 34.9 Å². The zero-order chi connectivity index (χ0) is 14.8. The highest BCUT2D eigenvalue weighted by molar-refractivity contribution is 7.89. The summed E-state index contributed by atoms with van der Waals surface area (Å²) in [5.74, 6) is -0.513. The Hall–Kier alpha value is -2.53. The van der Waals surface area contributed by atoms with Crippen LogP contribution in [-0.2, 0) is 16.6 Å². The van der Waals surface area contributed by atoms with Crippen molar-refractivity contribution in [3.05, 3.63) is 29.6 Å². The molecular formula is C9H11N7O3S. The van der Waals surface area contributed by atoms with E-state index in [2.05, 4.69) is 25.3 Å². The Kier molecular flexibility index (Phi) is 3.63. The van der Waals surface area contributed by atoms with Crippen molar-refractivity contribution in [3.63, 3.8) is 0 Å². The second kappa shape index (κ2) is 5.22. The quantitative estimate of drug-likeness (QED) is 0.479. The highest BCUT2D eigenvalue weighted by Gasteiger charge is 2.19. The molecule has 0 atom stereocenters. The summed E-state index contributed by atoms with van der Waals surface area (Å²) in [7, 11) is -3.86. The lowest BCUT2D eigenvalue weighted by molar-refractivity contribution is 0.1000. The zero-order valence-electron chi connectivity index (χ0n) is 10.1. The van der Waals surface area contributed by atoms with Crippen LogP contribution in [0.25, 0.3) is 0 Å². The summed E-state index contributed by atoms with van der Waals surface area (Å²) in [5.41, 5.74) is 10.7. The number of nitrogens with one attached hydrogen (secondary N) is 2. The number of anilines is 1. The summed E-state index contributed by atoms with van der Waals surface area (Å²) in [6.45, 7) is -0.143. The van der Waals surface area contributed by atoms with Gasteiger partial charge in [-0.15, -0.1) is 10.2 Å². The van der Waals surface area contributed by atoms with Crippen molar-refractivity contribution in [3.8, 4) is 0 Å². The molecule has 0 saturated carbocycles. The molecule has 1 amide bonds. The first-order chi connectivity index (χ1) is 9.40. The van der Waals surface area contributed by atoms with Gasteiger partial charge in [0.2, 0.25) is 15.9 Å². The molecule has 0 spiro atoms. The van der Waals surface area contributed by atoms with E-state index in [0.717, 1.165) is 0 Å². The second-order valence-corrected chi connectivity index (χ2v) is 5.50. The third-order valence-corrected chi connectivity index (χ3v) is 3.87. The van der Waals surface area contributed by atoms with Gasteiger partial charge in [-0.05, 0) is 18.2 Å². The van der Waals surface area contributed by atoms with Gasteiger partial charge in [0.1, 0.15) is 4.90 Å². The van der Waals surface area contributed by atoms with Crippen LogP contribution in [0.4, 0.5) is 5.69 Å². The van der Waals surface area contributed by atoms with Crippen LogP contribution in [0.15, 0.2) is 23.1 Å². The van der Waals surface area contributed by atoms with Gasteiger partial charge in [0, 0.05) is 5.56 Å². The molecule has 2 aromatic rings. The van der Waals surface area contributed by atoms with Crippen LogP contribution in [0.3, 0.4) is 0 Å². The lowest BCUT2D eigenvalue weighted by Gasteiger charge is -2.08. The van der Waals surface area contributed by atoms with Crippen molar-refractivity contribution in [2.45, 2.75) is 11.4 Å². The molecule has 0 aliphatic carbocycles. The van der Waals surface area contributed by atoms with Gasteiger partial charge in [-0.25, -0.2) is 13.1 Å². The van der Waals surface area contributed by atoms with Gasteiger partial charge in [-0.2, -0.15) is 5.21 Å². The number of nitrogens with zero attached hydrogens (tertiary/aromatic N) is 3. The summed E-state index contributed by atoms with van der Waals surface area (Å²) < 4.78 is 26.3. The Morgan fingerprint density at radius 3 is 2.70 bits per heavy atom. The van der Waals surface area contributed by atoms with Crippen LogP contribution in [0.1, 0.15) is 16.2 Å². The number of nitrogens with two attached hydrogens (primary N) is 2. The van der Waals surface area contributed by atoms with Crippen molar-refractivity contribution >= 4 is 21.6 Å². The van der Waals surface area contributed by atoms with Crippen LogP contribution < -0.4 is 16.2 Å². The predicted octanol–water partition coefficient (Wildman–Crippen LogP) is -1.64. The fourth-order valence-electron chi connectivity index (χ4n) is 1.44. The van der Waals surface area contributed by atoms with E-state index in [4.69, 9.17) is 11.5 Å². The topological polar surface area (TPSA) is 170 Å². The standard InChI is InChI=1S/C9H11N7O3S/c10-6-3-5(9(11)17)1-2-7(6)20(18,19)12-4-8-13-15-16-14-8/h1-3,12H,4,10H2,(H2,11,17)(H,13,14,15,16). The number of aromatic amines is 1. The number of carbonyl (C=O) groups excluding carboxylic acids is 1. The predicted molar refractivity (Wildman–Crippen MR) is 67.6 cm³/mol. The minimum absolute atomic E-state index is 0.0816. The molecule has 0 bridgehead atoms. The van der Waals surface area contributed by atoms with Crippen LogP contribution in [0.5, 0.6) is 0 Å². The summed E-state index contributed by atoms with van der Waals surface area (Å²) >= 11 is 0. The number of hydrogen-bond donors (Lipinski definition) is 4. The van der Waals surface area contributed by atoms with Gasteiger partial charge in [-0.1, -0.05) is 5.21 Å². The number of carbonyl (C=O) groups is 1. The Morgan fingerprint density at radius 2 is 2.15 bits per heavy atom. The summed E-state index contributed by atoms with van der Waals surface area (Å²) in [6, 6.07) is 3.68. The number of sulfonamides is 1. The number of H-pyrrole nitrogens is 1. The van der Waals surface area contributed by atoms with Crippen molar-refractivity contribution < 1.29 is 13.2 Å². The van der Waals surface area contributed by atoms with Crippen molar-refractivity contribution in [2.75, 3.05) is 5.73 Å². The normalized spacial score (nSPS) is 11.4. The number of aromatic nitrogens is 4. The second-order valence-electron chi connectivity index (χ2n) is 3.77. The number of benzene rings is 1. The number of rotatable bonds is 5. The van der Waals surface area contributed by atoms with Crippen LogP contribution in [0.2, 0.25) is 0 Å². The molecule has 0 aliphatic rings. The number of amides is 1. The molecule has 6 N–H and O–H groups in total.